The van der Waals surface area contributed by atoms with E-state index in [0.29, 0.717) is 18.5 Å². The third kappa shape index (κ3) is 9.24. The Bertz CT molecular complexity index is 1710. The highest BCUT2D eigenvalue weighted by Gasteiger charge is 2.30. The van der Waals surface area contributed by atoms with E-state index in [-0.39, 0.29) is 37.0 Å². The fourth-order valence-corrected chi connectivity index (χ4v) is 5.54. The second-order valence-electron chi connectivity index (χ2n) is 11.5. The van der Waals surface area contributed by atoms with E-state index >= 15 is 4.39 Å². The number of nitrogens with one attached hydrogen (secondary N) is 3. The number of hydrogen-bond acceptors (Lipinski definition) is 7. The molecule has 0 spiro atoms. The van der Waals surface area contributed by atoms with Crippen molar-refractivity contribution >= 4 is 28.5 Å². The number of alkyl halides is 3. The number of pyridine rings is 1. The second-order valence-corrected chi connectivity index (χ2v) is 11.5. The first-order valence-corrected chi connectivity index (χ1v) is 15.2. The number of nitrogens with two attached hydrogens (primary N) is 1. The number of alkyl carbamates (subject to hydrolysis) is 1. The minimum Gasteiger partial charge on any atom is -0.448 e. The van der Waals surface area contributed by atoms with E-state index < -0.39 is 54.4 Å². The summed E-state index contributed by atoms with van der Waals surface area (Å²) in [4.78, 5) is 29.0. The molecule has 5 rings (SSSR count). The number of halogens is 5. The van der Waals surface area contributed by atoms with Gasteiger partial charge in [-0.15, -0.1) is 0 Å². The van der Waals surface area contributed by atoms with Gasteiger partial charge in [-0.3, -0.25) is 9.78 Å². The van der Waals surface area contributed by atoms with Crippen molar-refractivity contribution in [2.75, 3.05) is 31.6 Å². The number of nitrogens with zero attached hydrogens (tertiary/aromatic N) is 1. The summed E-state index contributed by atoms with van der Waals surface area (Å²) in [5.41, 5.74) is 8.31. The van der Waals surface area contributed by atoms with Crippen molar-refractivity contribution in [3.05, 3.63) is 107 Å². The van der Waals surface area contributed by atoms with Crippen LogP contribution in [-0.4, -0.2) is 67.7 Å². The highest BCUT2D eigenvalue weighted by Crippen LogP contribution is 2.31. The van der Waals surface area contributed by atoms with Gasteiger partial charge in [-0.2, -0.15) is 13.2 Å². The first-order chi connectivity index (χ1) is 23.0. The van der Waals surface area contributed by atoms with Crippen LogP contribution in [0.5, 0.6) is 0 Å². The van der Waals surface area contributed by atoms with Gasteiger partial charge in [-0.1, -0.05) is 54.6 Å². The average molecular weight is 672 g/mol. The van der Waals surface area contributed by atoms with E-state index in [4.69, 9.17) is 15.2 Å². The second kappa shape index (κ2) is 15.5. The highest BCUT2D eigenvalue weighted by atomic mass is 19.4. The van der Waals surface area contributed by atoms with Gasteiger partial charge in [0.1, 0.15) is 24.8 Å². The van der Waals surface area contributed by atoms with E-state index in [2.05, 4.69) is 15.6 Å². The SMILES string of the molecule is N[C@H](C(=O)Nc1cncc(F)c1CC[C@@H]1CN[C@H](COC(=O)NCC(F)(F)F)CO1)[C@H](c1ccc(F)cc1)c1ccc2ccccc2c1. The standard InChI is InChI=1S/C34H34F5N5O4/c35-24-9-7-21(8-10-24)30(23-6-5-20-3-1-2-4-22(20)13-23)31(40)32(45)44-29-16-41-15-28(36)27(29)12-11-26-14-42-25(17-47-26)18-48-33(46)43-19-34(37,38)39/h1-10,13,15-16,25-26,30-31,42H,11-12,14,17-19,40H2,(H,43,46)(H,44,45)/t25-,26+,30+,31-/m0/s1. The minimum absolute atomic E-state index is 0.105. The van der Waals surface area contributed by atoms with Crippen LogP contribution >= 0.6 is 0 Å². The third-order valence-corrected chi connectivity index (χ3v) is 8.02. The molecule has 2 heterocycles. The molecular weight excluding hydrogens is 637 g/mol. The molecule has 0 radical (unpaired) electrons. The molecule has 4 atom stereocenters. The number of anilines is 1. The lowest BCUT2D eigenvalue weighted by Crippen LogP contribution is -2.49. The van der Waals surface area contributed by atoms with Gasteiger partial charge < -0.3 is 31.2 Å². The summed E-state index contributed by atoms with van der Waals surface area (Å²) in [5.74, 6) is -2.32. The fourth-order valence-electron chi connectivity index (χ4n) is 5.54. The molecule has 4 aromatic rings. The molecule has 1 aliphatic rings. The zero-order valence-corrected chi connectivity index (χ0v) is 25.6. The van der Waals surface area contributed by atoms with Gasteiger partial charge in [0.05, 0.1) is 42.9 Å². The van der Waals surface area contributed by atoms with Crippen molar-refractivity contribution in [1.82, 2.24) is 15.6 Å². The molecule has 9 nitrogen and oxygen atoms in total. The molecule has 254 valence electrons. The van der Waals surface area contributed by atoms with Crippen LogP contribution in [0.3, 0.4) is 0 Å². The van der Waals surface area contributed by atoms with Crippen molar-refractivity contribution in [3.8, 4) is 0 Å². The van der Waals surface area contributed by atoms with Crippen LogP contribution in [0, 0.1) is 11.6 Å². The maximum Gasteiger partial charge on any atom is 0.407 e. The van der Waals surface area contributed by atoms with E-state index in [1.54, 1.807) is 17.4 Å². The number of amides is 2. The lowest BCUT2D eigenvalue weighted by molar-refractivity contribution is -0.124. The van der Waals surface area contributed by atoms with Crippen molar-refractivity contribution < 1.29 is 41.0 Å². The van der Waals surface area contributed by atoms with E-state index in [9.17, 15) is 27.2 Å². The van der Waals surface area contributed by atoms with Crippen molar-refractivity contribution in [3.63, 3.8) is 0 Å². The Labute approximate surface area is 273 Å². The number of fused-ring (bicyclic) bond motifs is 1. The largest absolute Gasteiger partial charge is 0.448 e. The van der Waals surface area contributed by atoms with Crippen LogP contribution < -0.4 is 21.7 Å². The molecule has 3 aromatic carbocycles. The molecule has 1 saturated heterocycles. The minimum atomic E-state index is -4.55. The summed E-state index contributed by atoms with van der Waals surface area (Å²) in [6.07, 6.45) is -3.22. The average Bonchev–Trinajstić information content (AvgIpc) is 3.07. The van der Waals surface area contributed by atoms with Crippen LogP contribution in [0.1, 0.15) is 29.0 Å². The van der Waals surface area contributed by atoms with Gasteiger partial charge >= 0.3 is 12.3 Å². The third-order valence-electron chi connectivity index (χ3n) is 8.02. The number of morpholine rings is 1. The van der Waals surface area contributed by atoms with Gasteiger partial charge in [-0.25, -0.2) is 13.6 Å². The number of hydrogen-bond donors (Lipinski definition) is 4. The molecule has 1 aliphatic heterocycles. The maximum absolute atomic E-state index is 15.0. The molecule has 14 heteroatoms. The van der Waals surface area contributed by atoms with Gasteiger partial charge in [0, 0.05) is 18.0 Å². The Hall–Kier alpha value is -4.66. The summed E-state index contributed by atoms with van der Waals surface area (Å²) in [6.45, 7) is -1.29. The number of ether oxygens (including phenoxy) is 2. The summed E-state index contributed by atoms with van der Waals surface area (Å²) < 4.78 is 76.2. The van der Waals surface area contributed by atoms with Gasteiger partial charge in [-0.05, 0) is 46.9 Å². The first-order valence-electron chi connectivity index (χ1n) is 15.2. The smallest absolute Gasteiger partial charge is 0.407 e. The first kappa shape index (κ1) is 34.7. The molecule has 2 amide bonds. The quantitative estimate of drug-likeness (QED) is 0.162. The van der Waals surface area contributed by atoms with Crippen molar-refractivity contribution in [2.45, 2.75) is 43.1 Å². The molecule has 0 bridgehead atoms. The fraction of sp³-hybridized carbons (Fsp3) is 0.324. The van der Waals surface area contributed by atoms with Crippen LogP contribution in [0.4, 0.5) is 32.4 Å². The predicted octanol–water partition coefficient (Wildman–Crippen LogP) is 5.19. The Morgan fingerprint density at radius 1 is 1.02 bits per heavy atom. The summed E-state index contributed by atoms with van der Waals surface area (Å²) in [6, 6.07) is 17.6. The van der Waals surface area contributed by atoms with E-state index in [0.717, 1.165) is 22.5 Å². The Morgan fingerprint density at radius 3 is 2.46 bits per heavy atom. The molecule has 0 unspecified atom stereocenters. The topological polar surface area (TPSA) is 128 Å². The number of carbonyl (C=O) groups excluding carboxylic acids is 2. The van der Waals surface area contributed by atoms with Crippen molar-refractivity contribution in [2.24, 2.45) is 5.73 Å². The normalized spacial score (nSPS) is 17.8. The van der Waals surface area contributed by atoms with Crippen LogP contribution in [0.25, 0.3) is 10.8 Å². The Balaban J connectivity index is 1.22. The van der Waals surface area contributed by atoms with Gasteiger partial charge in [0.25, 0.3) is 0 Å². The van der Waals surface area contributed by atoms with Gasteiger partial charge in [0.2, 0.25) is 5.91 Å². The van der Waals surface area contributed by atoms with E-state index in [1.807, 2.05) is 42.5 Å². The van der Waals surface area contributed by atoms with Crippen LogP contribution in [-0.2, 0) is 20.7 Å². The zero-order chi connectivity index (χ0) is 34.3. The molecular formula is C34H34F5N5O4. The molecule has 48 heavy (non-hydrogen) atoms. The highest BCUT2D eigenvalue weighted by molar-refractivity contribution is 5.96. The zero-order valence-electron chi connectivity index (χ0n) is 25.6. The Morgan fingerprint density at radius 2 is 1.75 bits per heavy atom. The number of rotatable bonds is 11. The molecule has 1 aromatic heterocycles. The molecule has 0 saturated carbocycles. The predicted molar refractivity (Wildman–Crippen MR) is 168 cm³/mol. The Kier molecular flexibility index (Phi) is 11.2. The number of aromatic nitrogens is 1. The van der Waals surface area contributed by atoms with E-state index in [1.165, 1.54) is 18.3 Å². The number of carbonyl (C=O) groups is 2. The lowest BCUT2D eigenvalue weighted by atomic mass is 9.84. The molecule has 1 fully saturated rings. The number of benzene rings is 3. The molecule has 0 aliphatic carbocycles. The van der Waals surface area contributed by atoms with Crippen molar-refractivity contribution in [1.29, 1.82) is 0 Å². The monoisotopic (exact) mass is 671 g/mol. The summed E-state index contributed by atoms with van der Waals surface area (Å²) >= 11 is 0. The summed E-state index contributed by atoms with van der Waals surface area (Å²) in [7, 11) is 0. The van der Waals surface area contributed by atoms with Crippen LogP contribution in [0.2, 0.25) is 0 Å². The van der Waals surface area contributed by atoms with Crippen LogP contribution in [0.15, 0.2) is 79.1 Å². The lowest BCUT2D eigenvalue weighted by Gasteiger charge is -2.30. The maximum atomic E-state index is 15.0. The summed E-state index contributed by atoms with van der Waals surface area (Å²) in [5, 5.41) is 9.41. The molecule has 5 N–H and O–H groups in total. The van der Waals surface area contributed by atoms with Gasteiger partial charge in [0.15, 0.2) is 0 Å².